The van der Waals surface area contributed by atoms with E-state index < -0.39 is 0 Å². The molecule has 18 heavy (non-hydrogen) atoms. The summed E-state index contributed by atoms with van der Waals surface area (Å²) in [5.74, 6) is 0. The molecule has 0 amide bonds. The Hall–Kier alpha value is 0.120. The van der Waals surface area contributed by atoms with Gasteiger partial charge in [0.1, 0.15) is 0 Å². The number of thiophene rings is 1. The monoisotopic (exact) mass is 362 g/mol. The number of nitrogens with two attached hydrogens (primary N) is 1. The minimum Gasteiger partial charge on any atom is -0.326 e. The van der Waals surface area contributed by atoms with Gasteiger partial charge in [-0.15, -0.1) is 22.7 Å². The molecule has 0 radical (unpaired) electrons. The summed E-state index contributed by atoms with van der Waals surface area (Å²) in [6.07, 6.45) is 0.970. The maximum atomic E-state index is 6.26. The summed E-state index contributed by atoms with van der Waals surface area (Å²) in [7, 11) is 0. The highest BCUT2D eigenvalue weighted by Crippen LogP contribution is 2.42. The van der Waals surface area contributed by atoms with Crippen LogP contribution in [0.2, 0.25) is 0 Å². The molecule has 2 nitrogen and oxygen atoms in total. The molecular weight excluding hydrogens is 348 g/mol. The lowest BCUT2D eigenvalue weighted by atomic mass is 10.1. The Balaban J connectivity index is 2.20. The summed E-state index contributed by atoms with van der Waals surface area (Å²) in [5, 5.41) is 2.37. The summed E-state index contributed by atoms with van der Waals surface area (Å²) in [6, 6.07) is 4.40. The Bertz CT molecular complexity index is 509. The molecule has 2 N–H and O–H groups in total. The highest BCUT2D eigenvalue weighted by molar-refractivity contribution is 9.11. The second-order valence-electron chi connectivity index (χ2n) is 4.01. The largest absolute Gasteiger partial charge is 0.326 e. The molecule has 0 saturated carbocycles. The quantitative estimate of drug-likeness (QED) is 0.772. The van der Waals surface area contributed by atoms with Gasteiger partial charge < -0.3 is 5.73 Å². The van der Waals surface area contributed by atoms with Crippen molar-refractivity contribution in [1.29, 1.82) is 0 Å². The van der Waals surface area contributed by atoms with Crippen molar-refractivity contribution in [1.82, 2.24) is 4.98 Å². The first-order valence-corrected chi connectivity index (χ1v) is 9.06. The van der Waals surface area contributed by atoms with E-state index in [1.807, 2.05) is 6.92 Å². The molecule has 2 unspecified atom stereocenters. The highest BCUT2D eigenvalue weighted by Gasteiger charge is 2.22. The first-order valence-electron chi connectivity index (χ1n) is 5.69. The van der Waals surface area contributed by atoms with E-state index in [0.717, 1.165) is 20.2 Å². The summed E-state index contributed by atoms with van der Waals surface area (Å²) in [5.41, 5.74) is 7.34. The molecule has 0 aliphatic rings. The van der Waals surface area contributed by atoms with E-state index in [2.05, 4.69) is 45.4 Å². The van der Waals surface area contributed by atoms with Crippen LogP contribution in [-0.4, -0.2) is 11.0 Å². The van der Waals surface area contributed by atoms with Crippen LogP contribution in [0.25, 0.3) is 0 Å². The fourth-order valence-corrected chi connectivity index (χ4v) is 5.49. The molecule has 0 aliphatic carbocycles. The van der Waals surface area contributed by atoms with E-state index >= 15 is 0 Å². The van der Waals surface area contributed by atoms with Crippen LogP contribution in [0.3, 0.4) is 0 Å². The summed E-state index contributed by atoms with van der Waals surface area (Å²) in [6.45, 7) is 4.16. The molecule has 0 saturated heterocycles. The van der Waals surface area contributed by atoms with Crippen LogP contribution in [-0.2, 0) is 0 Å². The summed E-state index contributed by atoms with van der Waals surface area (Å²) in [4.78, 5) is 5.83. The Kier molecular flexibility index (Phi) is 5.26. The number of thiazole rings is 1. The van der Waals surface area contributed by atoms with Gasteiger partial charge in [0.25, 0.3) is 0 Å². The molecule has 0 fully saturated rings. The zero-order chi connectivity index (χ0) is 13.1. The predicted molar refractivity (Wildman–Crippen MR) is 85.7 cm³/mol. The van der Waals surface area contributed by atoms with Crippen LogP contribution in [0.4, 0.5) is 0 Å². The topological polar surface area (TPSA) is 38.9 Å². The molecule has 2 aromatic heterocycles. The smallest absolute Gasteiger partial charge is 0.150 e. The number of rotatable bonds is 5. The van der Waals surface area contributed by atoms with Crippen LogP contribution >= 0.6 is 50.4 Å². The van der Waals surface area contributed by atoms with Crippen molar-refractivity contribution in [3.8, 4) is 0 Å². The van der Waals surface area contributed by atoms with Crippen molar-refractivity contribution < 1.29 is 0 Å². The Labute approximate surface area is 128 Å². The molecule has 2 heterocycles. The van der Waals surface area contributed by atoms with Crippen LogP contribution in [0, 0.1) is 6.92 Å². The molecule has 0 aromatic carbocycles. The molecular formula is C12H15BrN2S3. The molecule has 2 atom stereocenters. The lowest BCUT2D eigenvalue weighted by Crippen LogP contribution is -2.25. The first-order chi connectivity index (χ1) is 8.60. The van der Waals surface area contributed by atoms with Gasteiger partial charge in [0.15, 0.2) is 4.34 Å². The number of aromatic nitrogens is 1. The third-order valence-corrected chi connectivity index (χ3v) is 6.90. The summed E-state index contributed by atoms with van der Waals surface area (Å²) < 4.78 is 2.26. The highest BCUT2D eigenvalue weighted by atomic mass is 79.9. The maximum Gasteiger partial charge on any atom is 0.150 e. The van der Waals surface area contributed by atoms with Gasteiger partial charge in [-0.2, -0.15) is 0 Å². The fraction of sp³-hybridized carbons (Fsp3) is 0.417. The van der Waals surface area contributed by atoms with Gasteiger partial charge in [-0.1, -0.05) is 18.7 Å². The van der Waals surface area contributed by atoms with Gasteiger partial charge in [0.05, 0.1) is 9.04 Å². The van der Waals surface area contributed by atoms with E-state index in [1.54, 1.807) is 34.4 Å². The van der Waals surface area contributed by atoms with E-state index in [-0.39, 0.29) is 11.3 Å². The molecule has 2 aromatic rings. The molecule has 2 rings (SSSR count). The van der Waals surface area contributed by atoms with Gasteiger partial charge >= 0.3 is 0 Å². The molecule has 0 aliphatic heterocycles. The van der Waals surface area contributed by atoms with E-state index in [9.17, 15) is 0 Å². The standard InChI is InChI=1S/C12H15BrN2S3/c1-3-8(14)11(9-4-5-10(13)17-9)18-12-15-7(2)6-16-12/h4-6,8,11H,3,14H2,1-2H3. The third-order valence-electron chi connectivity index (χ3n) is 2.56. The predicted octanol–water partition coefficient (Wildman–Crippen LogP) is 4.85. The second kappa shape index (κ2) is 6.52. The SMILES string of the molecule is CCC(N)C(Sc1nc(C)cs1)c1ccc(Br)s1. The van der Waals surface area contributed by atoms with Gasteiger partial charge in [-0.3, -0.25) is 0 Å². The lowest BCUT2D eigenvalue weighted by Gasteiger charge is -2.19. The zero-order valence-corrected chi connectivity index (χ0v) is 14.3. The van der Waals surface area contributed by atoms with Crippen LogP contribution in [0.1, 0.15) is 29.2 Å². The first kappa shape index (κ1) is 14.5. The number of thioether (sulfide) groups is 1. The average Bonchev–Trinajstić information content (AvgIpc) is 2.94. The lowest BCUT2D eigenvalue weighted by molar-refractivity contribution is 0.639. The number of halogens is 1. The van der Waals surface area contributed by atoms with E-state index in [0.29, 0.717) is 0 Å². The zero-order valence-electron chi connectivity index (χ0n) is 10.2. The van der Waals surface area contributed by atoms with E-state index in [4.69, 9.17) is 5.73 Å². The fourth-order valence-electron chi connectivity index (χ4n) is 1.55. The van der Waals surface area contributed by atoms with Gasteiger partial charge in [0.2, 0.25) is 0 Å². The maximum absolute atomic E-state index is 6.26. The number of nitrogens with zero attached hydrogens (tertiary/aromatic N) is 1. The summed E-state index contributed by atoms with van der Waals surface area (Å²) >= 11 is 8.75. The minimum atomic E-state index is 0.157. The number of aryl methyl sites for hydroxylation is 1. The van der Waals surface area contributed by atoms with Crippen LogP contribution < -0.4 is 5.73 Å². The molecule has 0 spiro atoms. The van der Waals surface area contributed by atoms with Crippen molar-refractivity contribution in [3.05, 3.63) is 31.9 Å². The Morgan fingerprint density at radius 3 is 2.78 bits per heavy atom. The molecule has 6 heteroatoms. The second-order valence-corrected chi connectivity index (χ2v) is 8.75. The molecule has 98 valence electrons. The average molecular weight is 363 g/mol. The van der Waals surface area contributed by atoms with E-state index in [1.165, 1.54) is 4.88 Å². The number of hydrogen-bond acceptors (Lipinski definition) is 5. The van der Waals surface area contributed by atoms with Crippen molar-refractivity contribution in [2.45, 2.75) is 35.9 Å². The van der Waals surface area contributed by atoms with Crippen LogP contribution in [0.15, 0.2) is 25.6 Å². The van der Waals surface area contributed by atoms with Crippen molar-refractivity contribution >= 4 is 50.4 Å². The van der Waals surface area contributed by atoms with Gasteiger partial charge in [-0.05, 0) is 41.4 Å². The van der Waals surface area contributed by atoms with Crippen molar-refractivity contribution in [2.75, 3.05) is 0 Å². The number of hydrogen-bond donors (Lipinski definition) is 1. The Morgan fingerprint density at radius 1 is 1.50 bits per heavy atom. The normalized spacial score (nSPS) is 14.7. The minimum absolute atomic E-state index is 0.157. The van der Waals surface area contributed by atoms with Crippen molar-refractivity contribution in [3.63, 3.8) is 0 Å². The Morgan fingerprint density at radius 2 is 2.28 bits per heavy atom. The van der Waals surface area contributed by atoms with Gasteiger partial charge in [-0.25, -0.2) is 4.98 Å². The third kappa shape index (κ3) is 3.57. The van der Waals surface area contributed by atoms with Gasteiger partial charge in [0, 0.05) is 22.0 Å². The molecule has 0 bridgehead atoms. The van der Waals surface area contributed by atoms with Crippen LogP contribution in [0.5, 0.6) is 0 Å². The van der Waals surface area contributed by atoms with Crippen molar-refractivity contribution in [2.24, 2.45) is 5.73 Å².